The van der Waals surface area contributed by atoms with Gasteiger partial charge in [-0.3, -0.25) is 11.4 Å². The van der Waals surface area contributed by atoms with Crippen molar-refractivity contribution in [3.63, 3.8) is 0 Å². The van der Waals surface area contributed by atoms with Gasteiger partial charge in [0.15, 0.2) is 0 Å². The summed E-state index contributed by atoms with van der Waals surface area (Å²) in [6, 6.07) is 0. The summed E-state index contributed by atoms with van der Waals surface area (Å²) in [5.74, 6) is 0. The van der Waals surface area contributed by atoms with Crippen LogP contribution >= 0.6 is 0 Å². The molecule has 0 spiro atoms. The number of rotatable bonds is 1. The first-order chi connectivity index (χ1) is 5.49. The Morgan fingerprint density at radius 3 is 2.00 bits per heavy atom. The van der Waals surface area contributed by atoms with E-state index in [0.717, 1.165) is 13.1 Å². The second-order valence-electron chi connectivity index (χ2n) is 2.68. The third kappa shape index (κ3) is 10.4. The van der Waals surface area contributed by atoms with E-state index < -0.39 is 9.92 Å². The van der Waals surface area contributed by atoms with Gasteiger partial charge < -0.3 is 6.42 Å². The summed E-state index contributed by atoms with van der Waals surface area (Å²) >= 11 is 0. The van der Waals surface area contributed by atoms with E-state index in [2.05, 4.69) is 4.47 Å². The molecule has 1 aliphatic heterocycles. The number of hydrogen-bond donors (Lipinski definition) is 1. The Labute approximate surface area is 93.4 Å². The number of nitrogens with two attached hydrogens (primary N) is 1. The molecule has 1 rings (SSSR count). The van der Waals surface area contributed by atoms with Crippen molar-refractivity contribution in [1.29, 1.82) is 0 Å². The Morgan fingerprint density at radius 1 is 1.54 bits per heavy atom. The van der Waals surface area contributed by atoms with Gasteiger partial charge in [-0.05, 0) is 0 Å². The number of hydrogen-bond acceptors (Lipinski definition) is 2. The predicted octanol–water partition coefficient (Wildman–Crippen LogP) is 0.621. The second kappa shape index (κ2) is 7.82. The van der Waals surface area contributed by atoms with Crippen molar-refractivity contribution in [2.45, 2.75) is 13.8 Å². The smallest absolute Gasteiger partial charge is 0.335 e. The fourth-order valence-corrected chi connectivity index (χ4v) is 1.13. The monoisotopic (exact) mass is 242 g/mol. The van der Waals surface area contributed by atoms with E-state index in [1.807, 2.05) is 26.7 Å². The molecule has 1 heterocycles. The fraction of sp³-hybridized carbons (Fsp3) is 0.714. The van der Waals surface area contributed by atoms with Gasteiger partial charge in [0, 0.05) is 6.26 Å². The molecular weight excluding hydrogens is 225 g/mol. The van der Waals surface area contributed by atoms with E-state index in [1.165, 1.54) is 6.26 Å². The Morgan fingerprint density at radius 2 is 1.92 bits per heavy atom. The van der Waals surface area contributed by atoms with E-state index in [9.17, 15) is 4.21 Å². The van der Waals surface area contributed by atoms with Crippen LogP contribution in [0.2, 0.25) is 0 Å². The Kier molecular flexibility index (Phi) is 9.57. The summed E-state index contributed by atoms with van der Waals surface area (Å²) in [5, 5.41) is 6.83. The van der Waals surface area contributed by atoms with E-state index >= 15 is 0 Å². The van der Waals surface area contributed by atoms with Gasteiger partial charge in [0.1, 0.15) is 9.92 Å². The molecule has 0 aromatic carbocycles. The molecule has 2 N–H and O–H groups in total. The summed E-state index contributed by atoms with van der Waals surface area (Å²) in [6.07, 6.45) is 5.46. The van der Waals surface area contributed by atoms with Crippen molar-refractivity contribution in [1.82, 2.24) is 5.01 Å². The molecule has 0 aliphatic carbocycles. The maximum atomic E-state index is 10.7. The van der Waals surface area contributed by atoms with Crippen LogP contribution in [0.15, 0.2) is 4.47 Å². The first-order valence-corrected chi connectivity index (χ1v) is 5.78. The SMILES string of the molecule is CS(N)(=O)=NN1C[CH-]C1.C[CH-]C.[V+2]. The average molecular weight is 242 g/mol. The van der Waals surface area contributed by atoms with Gasteiger partial charge in [-0.25, -0.2) is 9.35 Å². The molecule has 1 aliphatic rings. The molecule has 13 heavy (non-hydrogen) atoms. The molecule has 0 aromatic rings. The van der Waals surface area contributed by atoms with Crippen molar-refractivity contribution >= 4 is 9.92 Å². The van der Waals surface area contributed by atoms with Crippen LogP contribution in [0.4, 0.5) is 0 Å². The summed E-state index contributed by atoms with van der Waals surface area (Å²) in [7, 11) is -2.40. The molecule has 1 saturated heterocycles. The van der Waals surface area contributed by atoms with Crippen molar-refractivity contribution in [3.05, 3.63) is 12.8 Å². The van der Waals surface area contributed by atoms with Gasteiger partial charge in [-0.15, -0.1) is 17.6 Å². The van der Waals surface area contributed by atoms with Gasteiger partial charge in [0.2, 0.25) is 0 Å². The summed E-state index contributed by atoms with van der Waals surface area (Å²) in [4.78, 5) is 0. The standard InChI is InChI=1S/C4H10N3OS.C3H7.V/c1-9(5,8)6-7-3-2-4-7;1-3-2;/h2H,3-4H2,1H3,(H2,5,6,8);3H,1-2H3;/q2*-1;+2. The largest absolute Gasteiger partial charge is 2.00 e. The van der Waals surface area contributed by atoms with E-state index in [0.29, 0.717) is 0 Å². The molecule has 1 fully saturated rings. The van der Waals surface area contributed by atoms with Crippen LogP contribution in [0.3, 0.4) is 0 Å². The Balaban J connectivity index is 0. The first kappa shape index (κ1) is 15.9. The molecule has 0 aromatic heterocycles. The molecule has 0 saturated carbocycles. The van der Waals surface area contributed by atoms with Crippen molar-refractivity contribution < 1.29 is 22.8 Å². The van der Waals surface area contributed by atoms with E-state index in [1.54, 1.807) is 5.01 Å². The molecule has 0 bridgehead atoms. The van der Waals surface area contributed by atoms with Crippen molar-refractivity contribution in [2.75, 3.05) is 19.3 Å². The zero-order valence-corrected chi connectivity index (χ0v) is 10.5. The van der Waals surface area contributed by atoms with Crippen LogP contribution < -0.4 is 5.14 Å². The third-order valence-corrected chi connectivity index (χ3v) is 1.51. The molecule has 1 atom stereocenters. The summed E-state index contributed by atoms with van der Waals surface area (Å²) in [5.41, 5.74) is 0. The molecule has 1 unspecified atom stereocenters. The van der Waals surface area contributed by atoms with Crippen LogP contribution in [0.5, 0.6) is 0 Å². The van der Waals surface area contributed by atoms with Gasteiger partial charge in [-0.1, -0.05) is 0 Å². The minimum atomic E-state index is -2.40. The fourth-order valence-electron chi connectivity index (χ4n) is 0.541. The average Bonchev–Trinajstić information content (AvgIpc) is 1.79. The molecule has 4 nitrogen and oxygen atoms in total. The zero-order valence-electron chi connectivity index (χ0n) is 8.30. The van der Waals surface area contributed by atoms with Gasteiger partial charge in [-0.2, -0.15) is 13.8 Å². The zero-order chi connectivity index (χ0) is 9.61. The van der Waals surface area contributed by atoms with Gasteiger partial charge in [0.25, 0.3) is 0 Å². The first-order valence-electron chi connectivity index (χ1n) is 3.80. The molecule has 1 radical (unpaired) electrons. The summed E-state index contributed by atoms with van der Waals surface area (Å²) in [6.45, 7) is 5.56. The third-order valence-electron chi connectivity index (χ3n) is 0.957. The normalized spacial score (nSPS) is 19.7. The molecule has 6 heteroatoms. The van der Waals surface area contributed by atoms with Crippen molar-refractivity contribution in [2.24, 2.45) is 9.61 Å². The van der Waals surface area contributed by atoms with Gasteiger partial charge in [0.05, 0.1) is 0 Å². The van der Waals surface area contributed by atoms with Crippen LogP contribution in [0, 0.1) is 12.8 Å². The Bertz CT molecular complexity index is 214. The van der Waals surface area contributed by atoms with Crippen molar-refractivity contribution in [3.8, 4) is 0 Å². The van der Waals surface area contributed by atoms with Crippen LogP contribution in [-0.4, -0.2) is 28.6 Å². The minimum Gasteiger partial charge on any atom is -0.335 e. The predicted molar refractivity (Wildman–Crippen MR) is 52.2 cm³/mol. The number of nitrogens with zero attached hydrogens (tertiary/aromatic N) is 2. The maximum absolute atomic E-state index is 10.7. The topological polar surface area (TPSA) is 58.7 Å². The van der Waals surface area contributed by atoms with Gasteiger partial charge >= 0.3 is 18.6 Å². The second-order valence-corrected chi connectivity index (χ2v) is 4.57. The van der Waals surface area contributed by atoms with E-state index in [4.69, 9.17) is 5.14 Å². The minimum absolute atomic E-state index is 0. The molecule has 0 amide bonds. The maximum Gasteiger partial charge on any atom is 2.00 e. The van der Waals surface area contributed by atoms with E-state index in [-0.39, 0.29) is 18.6 Å². The van der Waals surface area contributed by atoms with Crippen LogP contribution in [0.25, 0.3) is 0 Å². The van der Waals surface area contributed by atoms with Crippen LogP contribution in [-0.2, 0) is 28.5 Å². The Hall–Kier alpha value is 0.454. The summed E-state index contributed by atoms with van der Waals surface area (Å²) < 4.78 is 14.5. The van der Waals surface area contributed by atoms with Crippen LogP contribution in [0.1, 0.15) is 13.8 Å². The molecular formula is C7H17N3OSV. The quantitative estimate of drug-likeness (QED) is 0.685. The molecule has 77 valence electrons.